The fourth-order valence-electron chi connectivity index (χ4n) is 2.30. The van der Waals surface area contributed by atoms with Crippen LogP contribution in [-0.2, 0) is 5.41 Å². The van der Waals surface area contributed by atoms with Crippen LogP contribution < -0.4 is 5.32 Å². The highest BCUT2D eigenvalue weighted by molar-refractivity contribution is 7.12. The van der Waals surface area contributed by atoms with Crippen LogP contribution in [0.15, 0.2) is 6.07 Å². The quantitative estimate of drug-likeness (QED) is 0.821. The summed E-state index contributed by atoms with van der Waals surface area (Å²) in [6.07, 6.45) is 4.01. The maximum atomic E-state index is 3.61. The average molecular weight is 237 g/mol. The van der Waals surface area contributed by atoms with E-state index < -0.39 is 0 Å². The lowest BCUT2D eigenvalue weighted by atomic mass is 9.86. The molecule has 1 heterocycles. The highest BCUT2D eigenvalue weighted by atomic mass is 32.1. The first kappa shape index (κ1) is 12.1. The molecule has 0 spiro atoms. The lowest BCUT2D eigenvalue weighted by Gasteiger charge is -2.24. The smallest absolute Gasteiger partial charge is 0.0134 e. The highest BCUT2D eigenvalue weighted by Crippen LogP contribution is 2.35. The fourth-order valence-corrected chi connectivity index (χ4v) is 3.46. The predicted molar refractivity (Wildman–Crippen MR) is 72.5 cm³/mol. The van der Waals surface area contributed by atoms with E-state index in [4.69, 9.17) is 0 Å². The van der Waals surface area contributed by atoms with E-state index in [9.17, 15) is 0 Å². The molecular formula is C14H23NS. The van der Waals surface area contributed by atoms with Crippen LogP contribution >= 0.6 is 11.3 Å². The zero-order chi connectivity index (χ0) is 11.8. The molecule has 1 aliphatic rings. The maximum absolute atomic E-state index is 3.61. The molecule has 1 nitrogen and oxygen atoms in total. The fraction of sp³-hybridized carbons (Fsp3) is 0.714. The minimum absolute atomic E-state index is 0.324. The molecular weight excluding hydrogens is 214 g/mol. The van der Waals surface area contributed by atoms with Crippen molar-refractivity contribution in [3.05, 3.63) is 21.4 Å². The second kappa shape index (κ2) is 4.50. The largest absolute Gasteiger partial charge is 0.314 e. The minimum atomic E-state index is 0.324. The molecule has 0 radical (unpaired) electrons. The molecule has 16 heavy (non-hydrogen) atoms. The van der Waals surface area contributed by atoms with Crippen molar-refractivity contribution in [1.82, 2.24) is 5.32 Å². The van der Waals surface area contributed by atoms with E-state index in [0.717, 1.165) is 12.6 Å². The summed E-state index contributed by atoms with van der Waals surface area (Å²) < 4.78 is 0. The van der Waals surface area contributed by atoms with E-state index in [1.165, 1.54) is 29.7 Å². The Bertz CT molecular complexity index is 361. The standard InChI is InChI=1S/C14H23NS/c1-10-9-11(2)16-13(10)14(3,4)7-8-15-12-5-6-12/h9,12,15H,5-8H2,1-4H3. The van der Waals surface area contributed by atoms with Gasteiger partial charge in [-0.25, -0.2) is 0 Å². The Kier molecular flexibility index (Phi) is 3.41. The van der Waals surface area contributed by atoms with E-state index in [2.05, 4.69) is 39.1 Å². The summed E-state index contributed by atoms with van der Waals surface area (Å²) in [5.74, 6) is 0. The molecule has 90 valence electrons. The summed E-state index contributed by atoms with van der Waals surface area (Å²) in [6.45, 7) is 10.4. The van der Waals surface area contributed by atoms with Crippen LogP contribution in [-0.4, -0.2) is 12.6 Å². The summed E-state index contributed by atoms with van der Waals surface area (Å²) in [6, 6.07) is 3.15. The number of aryl methyl sites for hydroxylation is 2. The molecule has 0 saturated heterocycles. The molecule has 1 aliphatic carbocycles. The zero-order valence-corrected chi connectivity index (χ0v) is 11.7. The van der Waals surface area contributed by atoms with E-state index in [1.807, 2.05) is 11.3 Å². The van der Waals surface area contributed by atoms with Gasteiger partial charge < -0.3 is 5.32 Å². The maximum Gasteiger partial charge on any atom is 0.0134 e. The molecule has 0 aromatic carbocycles. The van der Waals surface area contributed by atoms with Crippen LogP contribution in [0.5, 0.6) is 0 Å². The van der Waals surface area contributed by atoms with Gasteiger partial charge in [-0.1, -0.05) is 13.8 Å². The van der Waals surface area contributed by atoms with Gasteiger partial charge >= 0.3 is 0 Å². The molecule has 1 aromatic heterocycles. The van der Waals surface area contributed by atoms with E-state index >= 15 is 0 Å². The third kappa shape index (κ3) is 2.86. The summed E-state index contributed by atoms with van der Waals surface area (Å²) in [5, 5.41) is 3.61. The summed E-state index contributed by atoms with van der Waals surface area (Å²) >= 11 is 1.97. The summed E-state index contributed by atoms with van der Waals surface area (Å²) in [4.78, 5) is 3.01. The topological polar surface area (TPSA) is 12.0 Å². The molecule has 0 atom stereocenters. The van der Waals surface area contributed by atoms with Crippen molar-refractivity contribution in [2.24, 2.45) is 0 Å². The third-order valence-electron chi connectivity index (χ3n) is 3.42. The Morgan fingerprint density at radius 1 is 1.38 bits per heavy atom. The van der Waals surface area contributed by atoms with E-state index in [1.54, 1.807) is 4.88 Å². The van der Waals surface area contributed by atoms with Crippen LogP contribution in [0, 0.1) is 13.8 Å². The van der Waals surface area contributed by atoms with Crippen LogP contribution in [0.4, 0.5) is 0 Å². The van der Waals surface area contributed by atoms with Crippen molar-refractivity contribution in [2.75, 3.05) is 6.54 Å². The average Bonchev–Trinajstić information content (AvgIpc) is 2.91. The van der Waals surface area contributed by atoms with Crippen LogP contribution in [0.3, 0.4) is 0 Å². The number of rotatable bonds is 5. The predicted octanol–water partition coefficient (Wildman–Crippen LogP) is 3.78. The van der Waals surface area contributed by atoms with Gasteiger partial charge in [-0.05, 0) is 51.3 Å². The summed E-state index contributed by atoms with van der Waals surface area (Å²) in [5.41, 5.74) is 1.80. The number of hydrogen-bond donors (Lipinski definition) is 1. The number of hydrogen-bond acceptors (Lipinski definition) is 2. The van der Waals surface area contributed by atoms with Gasteiger partial charge in [-0.15, -0.1) is 11.3 Å². The van der Waals surface area contributed by atoms with Crippen molar-refractivity contribution in [3.63, 3.8) is 0 Å². The molecule has 1 N–H and O–H groups in total. The molecule has 1 aromatic rings. The molecule has 0 amide bonds. The van der Waals surface area contributed by atoms with Gasteiger partial charge in [0.15, 0.2) is 0 Å². The Morgan fingerprint density at radius 3 is 2.56 bits per heavy atom. The van der Waals surface area contributed by atoms with E-state index in [0.29, 0.717) is 5.41 Å². The first-order valence-electron chi connectivity index (χ1n) is 6.30. The number of thiophene rings is 1. The monoisotopic (exact) mass is 237 g/mol. The molecule has 2 heteroatoms. The van der Waals surface area contributed by atoms with Gasteiger partial charge in [0.25, 0.3) is 0 Å². The second-order valence-electron chi connectivity index (χ2n) is 5.73. The molecule has 0 bridgehead atoms. The summed E-state index contributed by atoms with van der Waals surface area (Å²) in [7, 11) is 0. The number of nitrogens with one attached hydrogen (secondary N) is 1. The zero-order valence-electron chi connectivity index (χ0n) is 10.9. The van der Waals surface area contributed by atoms with Gasteiger partial charge in [0.1, 0.15) is 0 Å². The third-order valence-corrected chi connectivity index (χ3v) is 4.93. The first-order chi connectivity index (χ1) is 7.49. The minimum Gasteiger partial charge on any atom is -0.314 e. The van der Waals surface area contributed by atoms with Gasteiger partial charge in [-0.3, -0.25) is 0 Å². The Balaban J connectivity index is 1.96. The van der Waals surface area contributed by atoms with Crippen molar-refractivity contribution in [3.8, 4) is 0 Å². The molecule has 1 saturated carbocycles. The Hall–Kier alpha value is -0.340. The van der Waals surface area contributed by atoms with E-state index in [-0.39, 0.29) is 0 Å². The van der Waals surface area contributed by atoms with Gasteiger partial charge in [0.2, 0.25) is 0 Å². The van der Waals surface area contributed by atoms with Crippen molar-refractivity contribution in [2.45, 2.75) is 58.4 Å². The second-order valence-corrected chi connectivity index (χ2v) is 6.99. The van der Waals surface area contributed by atoms with Gasteiger partial charge in [0.05, 0.1) is 0 Å². The Labute approximate surface area is 103 Å². The van der Waals surface area contributed by atoms with Crippen LogP contribution in [0.25, 0.3) is 0 Å². The van der Waals surface area contributed by atoms with Gasteiger partial charge in [-0.2, -0.15) is 0 Å². The van der Waals surface area contributed by atoms with Gasteiger partial charge in [0, 0.05) is 21.2 Å². The van der Waals surface area contributed by atoms with Crippen LogP contribution in [0.1, 0.15) is 48.4 Å². The molecule has 0 aliphatic heterocycles. The lowest BCUT2D eigenvalue weighted by molar-refractivity contribution is 0.462. The lowest BCUT2D eigenvalue weighted by Crippen LogP contribution is -2.26. The van der Waals surface area contributed by atoms with Crippen LogP contribution in [0.2, 0.25) is 0 Å². The van der Waals surface area contributed by atoms with Crippen molar-refractivity contribution >= 4 is 11.3 Å². The molecule has 2 rings (SSSR count). The Morgan fingerprint density at radius 2 is 2.06 bits per heavy atom. The van der Waals surface area contributed by atoms with Crippen molar-refractivity contribution < 1.29 is 0 Å². The van der Waals surface area contributed by atoms with Crippen molar-refractivity contribution in [1.29, 1.82) is 0 Å². The first-order valence-corrected chi connectivity index (χ1v) is 7.11. The normalized spacial score (nSPS) is 16.8. The highest BCUT2D eigenvalue weighted by Gasteiger charge is 2.26. The molecule has 1 fully saturated rings. The molecule has 0 unspecified atom stereocenters. The SMILES string of the molecule is Cc1cc(C)c(C(C)(C)CCNC2CC2)s1.